The Morgan fingerprint density at radius 2 is 1.71 bits per heavy atom. The monoisotopic (exact) mass is 326 g/mol. The van der Waals surface area contributed by atoms with Gasteiger partial charge in [0.1, 0.15) is 28.6 Å². The van der Waals surface area contributed by atoms with Crippen molar-refractivity contribution in [1.82, 2.24) is 0 Å². The van der Waals surface area contributed by atoms with Crippen LogP contribution in [0.3, 0.4) is 0 Å². The van der Waals surface area contributed by atoms with Crippen LogP contribution in [0.5, 0.6) is 23.0 Å². The van der Waals surface area contributed by atoms with Crippen LogP contribution in [0.2, 0.25) is 0 Å². The molecule has 2 aromatic rings. The normalized spacial score (nSPS) is 24.0. The third kappa shape index (κ3) is 2.05. The van der Waals surface area contributed by atoms with Crippen LogP contribution in [0.25, 0.3) is 0 Å². The minimum absolute atomic E-state index is 0.307. The first-order valence-electron chi connectivity index (χ1n) is 8.31. The van der Waals surface area contributed by atoms with Gasteiger partial charge in [-0.2, -0.15) is 0 Å². The number of methoxy groups -OCH3 is 3. The summed E-state index contributed by atoms with van der Waals surface area (Å²) in [5.74, 6) is 3.66. The van der Waals surface area contributed by atoms with Crippen molar-refractivity contribution in [3.8, 4) is 23.0 Å². The molecule has 0 bridgehead atoms. The largest absolute Gasteiger partial charge is 0.497 e. The summed E-state index contributed by atoms with van der Waals surface area (Å²) in [6.45, 7) is 0. The van der Waals surface area contributed by atoms with E-state index < -0.39 is 0 Å². The molecule has 1 aliphatic heterocycles. The van der Waals surface area contributed by atoms with Crippen molar-refractivity contribution in [1.29, 1.82) is 0 Å². The van der Waals surface area contributed by atoms with Gasteiger partial charge in [0.15, 0.2) is 0 Å². The molecule has 1 fully saturated rings. The molecule has 0 saturated heterocycles. The van der Waals surface area contributed by atoms with Crippen LogP contribution in [-0.4, -0.2) is 21.3 Å². The first-order valence-corrected chi connectivity index (χ1v) is 8.31. The first-order chi connectivity index (χ1) is 11.7. The summed E-state index contributed by atoms with van der Waals surface area (Å²) in [6.07, 6.45) is 3.25. The molecule has 2 aromatic carbocycles. The third-order valence-electron chi connectivity index (χ3n) is 5.36. The summed E-state index contributed by atoms with van der Waals surface area (Å²) >= 11 is 0. The number of benzene rings is 2. The second-order valence-electron chi connectivity index (χ2n) is 6.41. The van der Waals surface area contributed by atoms with Gasteiger partial charge in [-0.25, -0.2) is 0 Å². The fourth-order valence-electron chi connectivity index (χ4n) is 4.24. The molecule has 4 nitrogen and oxygen atoms in total. The van der Waals surface area contributed by atoms with Crippen molar-refractivity contribution in [3.05, 3.63) is 47.5 Å². The first kappa shape index (κ1) is 15.2. The van der Waals surface area contributed by atoms with E-state index in [1.54, 1.807) is 21.3 Å². The van der Waals surface area contributed by atoms with Crippen LogP contribution in [0, 0.1) is 0 Å². The summed E-state index contributed by atoms with van der Waals surface area (Å²) in [5, 5.41) is 0. The maximum Gasteiger partial charge on any atom is 0.141 e. The number of fused-ring (bicyclic) bond motifs is 3. The van der Waals surface area contributed by atoms with E-state index in [0.29, 0.717) is 5.92 Å². The van der Waals surface area contributed by atoms with Crippen LogP contribution in [0.15, 0.2) is 36.4 Å². The van der Waals surface area contributed by atoms with E-state index in [0.717, 1.165) is 42.3 Å². The van der Waals surface area contributed by atoms with Gasteiger partial charge < -0.3 is 18.9 Å². The molecule has 0 spiro atoms. The Hall–Kier alpha value is -2.36. The van der Waals surface area contributed by atoms with Gasteiger partial charge in [-0.1, -0.05) is 12.1 Å². The predicted octanol–water partition coefficient (Wildman–Crippen LogP) is 4.27. The van der Waals surface area contributed by atoms with E-state index in [2.05, 4.69) is 12.1 Å². The molecule has 1 saturated carbocycles. The summed E-state index contributed by atoms with van der Waals surface area (Å²) < 4.78 is 22.9. The summed E-state index contributed by atoms with van der Waals surface area (Å²) in [7, 11) is 5.05. The van der Waals surface area contributed by atoms with Gasteiger partial charge in [0.2, 0.25) is 0 Å². The molecule has 1 heterocycles. The Bertz CT molecular complexity index is 753. The smallest absolute Gasteiger partial charge is 0.141 e. The number of ether oxygens (including phenoxy) is 4. The predicted molar refractivity (Wildman–Crippen MR) is 91.4 cm³/mol. The highest BCUT2D eigenvalue weighted by molar-refractivity contribution is 5.58. The summed E-state index contributed by atoms with van der Waals surface area (Å²) in [4.78, 5) is 0. The van der Waals surface area contributed by atoms with E-state index in [1.807, 2.05) is 24.3 Å². The zero-order valence-electron chi connectivity index (χ0n) is 14.3. The van der Waals surface area contributed by atoms with Crippen LogP contribution in [0.1, 0.15) is 36.3 Å². The third-order valence-corrected chi connectivity index (χ3v) is 5.36. The number of rotatable bonds is 4. The molecule has 4 heteroatoms. The van der Waals surface area contributed by atoms with Gasteiger partial charge in [-0.3, -0.25) is 0 Å². The Morgan fingerprint density at radius 1 is 0.958 bits per heavy atom. The fourth-order valence-corrected chi connectivity index (χ4v) is 4.24. The van der Waals surface area contributed by atoms with E-state index in [9.17, 15) is 0 Å². The van der Waals surface area contributed by atoms with Crippen LogP contribution < -0.4 is 18.9 Å². The molecule has 4 rings (SSSR count). The Morgan fingerprint density at radius 3 is 2.38 bits per heavy atom. The van der Waals surface area contributed by atoms with E-state index in [-0.39, 0.29) is 5.60 Å². The van der Waals surface area contributed by atoms with Crippen LogP contribution in [0.4, 0.5) is 0 Å². The lowest BCUT2D eigenvalue weighted by molar-refractivity contribution is 0.0837. The van der Waals surface area contributed by atoms with E-state index >= 15 is 0 Å². The number of hydrogen-bond donors (Lipinski definition) is 0. The minimum atomic E-state index is -0.311. The molecule has 2 atom stereocenters. The van der Waals surface area contributed by atoms with Crippen molar-refractivity contribution in [2.75, 3.05) is 21.3 Å². The van der Waals surface area contributed by atoms with Crippen molar-refractivity contribution >= 4 is 0 Å². The van der Waals surface area contributed by atoms with Crippen LogP contribution in [-0.2, 0) is 5.60 Å². The SMILES string of the molecule is COc1ccc([C@@]23CCC[C@@H]2c2c(OC)cc(OC)cc2O3)cc1. The molecule has 2 aliphatic rings. The quantitative estimate of drug-likeness (QED) is 0.841. The van der Waals surface area contributed by atoms with E-state index in [1.165, 1.54) is 11.1 Å². The molecule has 0 radical (unpaired) electrons. The van der Waals surface area contributed by atoms with Gasteiger partial charge in [-0.15, -0.1) is 0 Å². The van der Waals surface area contributed by atoms with Crippen molar-refractivity contribution in [2.45, 2.75) is 30.8 Å². The maximum absolute atomic E-state index is 6.56. The molecule has 0 amide bonds. The molecule has 0 N–H and O–H groups in total. The minimum Gasteiger partial charge on any atom is -0.497 e. The maximum atomic E-state index is 6.56. The summed E-state index contributed by atoms with van der Waals surface area (Å²) in [6, 6.07) is 12.2. The van der Waals surface area contributed by atoms with Gasteiger partial charge in [0.05, 0.1) is 21.3 Å². The van der Waals surface area contributed by atoms with Crippen molar-refractivity contribution < 1.29 is 18.9 Å². The van der Waals surface area contributed by atoms with E-state index in [4.69, 9.17) is 18.9 Å². The average Bonchev–Trinajstić information content (AvgIpc) is 3.17. The molecular weight excluding hydrogens is 304 g/mol. The molecule has 24 heavy (non-hydrogen) atoms. The molecule has 1 aliphatic carbocycles. The van der Waals surface area contributed by atoms with Gasteiger partial charge >= 0.3 is 0 Å². The fraction of sp³-hybridized carbons (Fsp3) is 0.400. The Balaban J connectivity index is 1.82. The zero-order chi connectivity index (χ0) is 16.7. The molecule has 0 aromatic heterocycles. The molecule has 126 valence electrons. The van der Waals surface area contributed by atoms with Gasteiger partial charge in [0, 0.05) is 23.6 Å². The molecule has 0 unspecified atom stereocenters. The van der Waals surface area contributed by atoms with Crippen molar-refractivity contribution in [3.63, 3.8) is 0 Å². The lowest BCUT2D eigenvalue weighted by Crippen LogP contribution is -2.30. The topological polar surface area (TPSA) is 36.9 Å². The van der Waals surface area contributed by atoms with Crippen LogP contribution >= 0.6 is 0 Å². The second kappa shape index (κ2) is 5.62. The Labute approximate surface area is 142 Å². The summed E-state index contributed by atoms with van der Waals surface area (Å²) in [5.41, 5.74) is 2.06. The lowest BCUT2D eigenvalue weighted by atomic mass is 9.81. The average molecular weight is 326 g/mol. The Kier molecular flexibility index (Phi) is 3.56. The second-order valence-corrected chi connectivity index (χ2v) is 6.41. The lowest BCUT2D eigenvalue weighted by Gasteiger charge is -2.29. The van der Waals surface area contributed by atoms with Gasteiger partial charge in [0.25, 0.3) is 0 Å². The van der Waals surface area contributed by atoms with Crippen molar-refractivity contribution in [2.24, 2.45) is 0 Å². The number of hydrogen-bond acceptors (Lipinski definition) is 4. The van der Waals surface area contributed by atoms with Gasteiger partial charge in [-0.05, 0) is 37.0 Å². The highest BCUT2D eigenvalue weighted by Gasteiger charge is 2.54. The standard InChI is InChI=1S/C20H22O4/c1-21-14-8-6-13(7-9-14)20-10-4-5-16(20)19-17(23-3)11-15(22-2)12-18(19)24-20/h6-9,11-12,16H,4-5,10H2,1-3H3/t16-,20+/m1/s1. The molecular formula is C20H22O4. The highest BCUT2D eigenvalue weighted by atomic mass is 16.5. The highest BCUT2D eigenvalue weighted by Crippen LogP contribution is 2.61. The zero-order valence-corrected chi connectivity index (χ0v) is 14.3.